The first-order valence-corrected chi connectivity index (χ1v) is 55.7. The van der Waals surface area contributed by atoms with Crippen molar-refractivity contribution in [3.05, 3.63) is 449 Å². The second-order valence-corrected chi connectivity index (χ2v) is 50.3. The molecule has 0 amide bonds. The van der Waals surface area contributed by atoms with Gasteiger partial charge in [-0.05, 0) is 189 Å². The van der Waals surface area contributed by atoms with Gasteiger partial charge in [0, 0.05) is 49.5 Å². The van der Waals surface area contributed by atoms with E-state index in [2.05, 4.69) is 464 Å². The third-order valence-corrected chi connectivity index (χ3v) is 39.0. The smallest absolute Gasteiger partial charge is 0.160 e. The molecule has 0 bridgehead atoms. The van der Waals surface area contributed by atoms with E-state index < -0.39 is 24.2 Å². The normalized spacial score (nSPS) is 13.1. The second kappa shape index (κ2) is 33.3. The maximum Gasteiger partial charge on any atom is 0.160 e. The molecule has 0 N–H and O–H groups in total. The molecule has 0 spiro atoms. The fraction of sp³-hybridized carbons (Fsp3) is 0.0476. The van der Waals surface area contributed by atoms with Gasteiger partial charge in [-0.3, -0.25) is 0 Å². The number of fused-ring (bicyclic) bond motifs is 21. The quantitative estimate of drug-likeness (QED) is 0.0949. The van der Waals surface area contributed by atoms with Crippen LogP contribution < -0.4 is 31.1 Å². The van der Waals surface area contributed by atoms with E-state index in [1.165, 1.54) is 141 Å². The van der Waals surface area contributed by atoms with Crippen LogP contribution >= 0.6 is 0 Å². The van der Waals surface area contributed by atoms with Crippen molar-refractivity contribution in [1.29, 1.82) is 0 Å². The first kappa shape index (κ1) is 82.0. The summed E-state index contributed by atoms with van der Waals surface area (Å²) in [5, 5.41) is 19.9. The number of nitrogens with zero attached hydrogens (tertiary/aromatic N) is 6. The van der Waals surface area contributed by atoms with Crippen LogP contribution in [-0.4, -0.2) is 54.1 Å². The standard InChI is InChI=1S/C52H36N2Si.C46H34N2Si.C28H22N2Si/c1-55(2)48-25-11-10-24-44(48)45-28-29-46-49(33-14-4-3-5-15-33)53-52(54-50(46)51(45)55)38-19-13-18-36(31-38)34-16-12-17-35(30-34)37-26-27-43-41-22-7-6-20-39(41)40-21-8-9-23-42(40)47(43)32-37;1-49(2)42-22-10-9-21-39(42)40-27-28-41-43(47-46(48-44(41)45(40)49)34-15-7-4-8-16-34)38-20-12-19-37(30-38)36-18-11-17-35(29-36)33-25-23-32(24-26-33)31-13-5-3-6-14-31;1-31(2)24-16-10-9-15-21(24)22-17-18-23-25(27(22)31)26(19-11-5-3-6-12-19)30-28(29-23)20-13-7-4-8-14-20/h3-32H,1-2H3;3-30H,1-2H3;3-18H,1-2H3. The highest BCUT2D eigenvalue weighted by molar-refractivity contribution is 7.06. The minimum Gasteiger partial charge on any atom is -0.228 e. The van der Waals surface area contributed by atoms with Crippen LogP contribution in [0.1, 0.15) is 0 Å². The first-order valence-electron chi connectivity index (χ1n) is 46.7. The van der Waals surface area contributed by atoms with Crippen LogP contribution in [0.3, 0.4) is 0 Å². The Bertz CT molecular complexity index is 8650. The van der Waals surface area contributed by atoms with Gasteiger partial charge >= 0.3 is 0 Å². The fourth-order valence-corrected chi connectivity index (χ4v) is 31.9. The lowest BCUT2D eigenvalue weighted by atomic mass is 9.91. The van der Waals surface area contributed by atoms with Gasteiger partial charge in [0.1, 0.15) is 24.2 Å². The molecule has 3 aromatic heterocycles. The first-order chi connectivity index (χ1) is 66.2. The van der Waals surface area contributed by atoms with E-state index in [0.29, 0.717) is 0 Å². The van der Waals surface area contributed by atoms with E-state index in [0.717, 1.165) is 112 Å². The molecule has 0 radical (unpaired) electrons. The van der Waals surface area contributed by atoms with Gasteiger partial charge in [-0.2, -0.15) is 0 Å². The van der Waals surface area contributed by atoms with Crippen molar-refractivity contribution in [2.75, 3.05) is 0 Å². The molecule has 135 heavy (non-hydrogen) atoms. The maximum atomic E-state index is 5.48. The lowest BCUT2D eigenvalue weighted by Gasteiger charge is -2.22. The Hall–Kier alpha value is -16.1. The Balaban J connectivity index is 0.000000115. The second-order valence-electron chi connectivity index (χ2n) is 37.4. The van der Waals surface area contributed by atoms with Crippen LogP contribution in [0.2, 0.25) is 39.3 Å². The van der Waals surface area contributed by atoms with Crippen molar-refractivity contribution in [2.24, 2.45) is 0 Å². The highest BCUT2D eigenvalue weighted by atomic mass is 28.3. The van der Waals surface area contributed by atoms with Gasteiger partial charge in [0.2, 0.25) is 0 Å². The summed E-state index contributed by atoms with van der Waals surface area (Å²) in [6, 6.07) is 161. The molecule has 3 aliphatic rings. The molecule has 6 nitrogen and oxygen atoms in total. The van der Waals surface area contributed by atoms with Crippen molar-refractivity contribution in [1.82, 2.24) is 29.9 Å². The molecule has 0 unspecified atom stereocenters. The van der Waals surface area contributed by atoms with Crippen molar-refractivity contribution in [2.45, 2.75) is 39.3 Å². The van der Waals surface area contributed by atoms with E-state index in [-0.39, 0.29) is 0 Å². The molecule has 0 fully saturated rings. The van der Waals surface area contributed by atoms with Crippen molar-refractivity contribution in [3.8, 4) is 157 Å². The summed E-state index contributed by atoms with van der Waals surface area (Å²) in [7, 11) is -5.93. The molecule has 23 aromatic rings. The summed E-state index contributed by atoms with van der Waals surface area (Å²) in [6.07, 6.45) is 0. The molecular weight excluding hydrogens is 1680 g/mol. The van der Waals surface area contributed by atoms with Crippen LogP contribution in [0.4, 0.5) is 0 Å². The van der Waals surface area contributed by atoms with Crippen molar-refractivity contribution in [3.63, 3.8) is 0 Å². The van der Waals surface area contributed by atoms with Gasteiger partial charge in [-0.15, -0.1) is 0 Å². The summed E-state index contributed by atoms with van der Waals surface area (Å²) in [6.45, 7) is 14.8. The summed E-state index contributed by atoms with van der Waals surface area (Å²) >= 11 is 0. The molecule has 20 aromatic carbocycles. The van der Waals surface area contributed by atoms with Crippen molar-refractivity contribution < 1.29 is 0 Å². The molecule has 26 rings (SSSR count). The minimum absolute atomic E-state index is 0.757. The molecule has 9 heteroatoms. The number of hydrogen-bond acceptors (Lipinski definition) is 6. The van der Waals surface area contributed by atoms with E-state index in [1.807, 2.05) is 24.3 Å². The molecule has 6 heterocycles. The highest BCUT2D eigenvalue weighted by Crippen LogP contribution is 2.45. The summed E-state index contributed by atoms with van der Waals surface area (Å²) in [5.41, 5.74) is 32.6. The Morgan fingerprint density at radius 3 is 0.896 bits per heavy atom. The van der Waals surface area contributed by atoms with Gasteiger partial charge in [0.25, 0.3) is 0 Å². The van der Waals surface area contributed by atoms with E-state index in [9.17, 15) is 0 Å². The average Bonchev–Trinajstić information content (AvgIpc) is 1.57. The molecule has 3 aliphatic heterocycles. The number of benzene rings is 20. The van der Waals surface area contributed by atoms with Gasteiger partial charge in [-0.25, -0.2) is 29.9 Å². The third kappa shape index (κ3) is 14.3. The third-order valence-electron chi connectivity index (χ3n) is 28.4. The fourth-order valence-electron chi connectivity index (χ4n) is 21.8. The largest absolute Gasteiger partial charge is 0.228 e. The van der Waals surface area contributed by atoms with Crippen LogP contribution in [0, 0.1) is 0 Å². The minimum atomic E-state index is -2.03. The summed E-state index contributed by atoms with van der Waals surface area (Å²) in [5.74, 6) is 2.30. The lowest BCUT2D eigenvalue weighted by molar-refractivity contribution is 1.23. The van der Waals surface area contributed by atoms with Gasteiger partial charge in [0.15, 0.2) is 17.5 Å². The maximum absolute atomic E-state index is 5.48. The Morgan fingerprint density at radius 2 is 0.430 bits per heavy atom. The molecule has 0 atom stereocenters. The number of aromatic nitrogens is 6. The molecule has 0 aliphatic carbocycles. The zero-order valence-corrected chi connectivity index (χ0v) is 78.9. The number of hydrogen-bond donors (Lipinski definition) is 0. The molecule has 638 valence electrons. The predicted octanol–water partition coefficient (Wildman–Crippen LogP) is 29.1. The Labute approximate surface area is 789 Å². The van der Waals surface area contributed by atoms with Crippen LogP contribution in [0.15, 0.2) is 449 Å². The van der Waals surface area contributed by atoms with Crippen LogP contribution in [-0.2, 0) is 0 Å². The lowest BCUT2D eigenvalue weighted by Crippen LogP contribution is -2.49. The Morgan fingerprint density at radius 1 is 0.156 bits per heavy atom. The Kier molecular flexibility index (Phi) is 20.2. The zero-order valence-electron chi connectivity index (χ0n) is 75.9. The van der Waals surface area contributed by atoms with Crippen LogP contribution in [0.25, 0.3) is 222 Å². The van der Waals surface area contributed by atoms with Crippen molar-refractivity contribution >= 4 is 120 Å². The molecule has 0 saturated heterocycles. The molecular formula is C126H92N6Si3. The molecule has 0 saturated carbocycles. The summed E-state index contributed by atoms with van der Waals surface area (Å²) in [4.78, 5) is 31.7. The highest BCUT2D eigenvalue weighted by Gasteiger charge is 2.43. The predicted molar refractivity (Wildman–Crippen MR) is 577 cm³/mol. The van der Waals surface area contributed by atoms with Gasteiger partial charge in [-0.1, -0.05) is 452 Å². The summed E-state index contributed by atoms with van der Waals surface area (Å²) < 4.78 is 0. The van der Waals surface area contributed by atoms with Gasteiger partial charge in [0.05, 0.1) is 33.6 Å². The monoisotopic (exact) mass is 1770 g/mol. The number of rotatable bonds is 11. The zero-order chi connectivity index (χ0) is 90.6. The van der Waals surface area contributed by atoms with Gasteiger partial charge < -0.3 is 0 Å². The van der Waals surface area contributed by atoms with E-state index in [1.54, 1.807) is 0 Å². The SMILES string of the molecule is C[Si]1(C)c2ccccc2-c2ccc3c(-c4cccc(-c5cccc(-c6ccc(-c7ccccc7)cc6)c5)c4)nc(-c4ccccc4)nc3c21.C[Si]1(C)c2ccccc2-c2ccc3c(-c4ccccc4)nc(-c4cccc(-c5cccc(-c6ccc7c8ccccc8c8ccccc8c7c6)c5)c4)nc3c21.C[Si]1(C)c2ccccc2-c2ccc3nc(-c4ccccc4)nc(-c4ccccc4)c3c21. The van der Waals surface area contributed by atoms with E-state index in [4.69, 9.17) is 29.9 Å². The topological polar surface area (TPSA) is 77.3 Å². The van der Waals surface area contributed by atoms with E-state index >= 15 is 0 Å². The van der Waals surface area contributed by atoms with Crippen LogP contribution in [0.5, 0.6) is 0 Å². The average molecular weight is 1770 g/mol.